The fourth-order valence-electron chi connectivity index (χ4n) is 2.07. The average molecular weight is 278 g/mol. The molecule has 100 valence electrons. The molecule has 18 heavy (non-hydrogen) atoms. The van der Waals surface area contributed by atoms with Gasteiger partial charge in [0.1, 0.15) is 6.10 Å². The van der Waals surface area contributed by atoms with Crippen LogP contribution < -0.4 is 5.32 Å². The summed E-state index contributed by atoms with van der Waals surface area (Å²) in [6.45, 7) is -0.247. The molecule has 2 rings (SSSR count). The molecule has 1 aliphatic carbocycles. The Morgan fingerprint density at radius 1 is 1.44 bits per heavy atom. The largest absolute Gasteiger partial charge is 0.396 e. The van der Waals surface area contributed by atoms with Gasteiger partial charge in [0.05, 0.1) is 18.3 Å². The van der Waals surface area contributed by atoms with Crippen LogP contribution in [0, 0.1) is 11.7 Å². The predicted octanol–water partition coefficient (Wildman–Crippen LogP) is -0.216. The van der Waals surface area contributed by atoms with Gasteiger partial charge in [0.2, 0.25) is 5.28 Å². The van der Waals surface area contributed by atoms with Crippen molar-refractivity contribution in [2.75, 3.05) is 11.9 Å². The monoisotopic (exact) mass is 277 g/mol. The predicted molar refractivity (Wildman–Crippen MR) is 61.6 cm³/mol. The molecule has 0 spiro atoms. The van der Waals surface area contributed by atoms with E-state index < -0.39 is 30.0 Å². The van der Waals surface area contributed by atoms with Crippen molar-refractivity contribution in [1.82, 2.24) is 9.97 Å². The van der Waals surface area contributed by atoms with Crippen molar-refractivity contribution < 1.29 is 19.7 Å². The molecule has 4 N–H and O–H groups in total. The van der Waals surface area contributed by atoms with E-state index in [2.05, 4.69) is 15.3 Å². The highest BCUT2D eigenvalue weighted by Crippen LogP contribution is 2.29. The molecule has 1 aromatic heterocycles. The Hall–Kier alpha value is -1.02. The standard InChI is InChI=1S/C10H13ClFN3O3/c11-10-13-2-5(12)9(15-10)14-6-1-4(3-16)7(17)8(6)18/h2,4,6-8,16-18H,1,3H2,(H,13,14,15)/t4-,6-,7-,8-/m1/s1. The number of nitrogens with zero attached hydrogens (tertiary/aromatic N) is 2. The van der Waals surface area contributed by atoms with Crippen molar-refractivity contribution >= 4 is 17.4 Å². The lowest BCUT2D eigenvalue weighted by Gasteiger charge is -2.18. The Balaban J connectivity index is 2.12. The summed E-state index contributed by atoms with van der Waals surface area (Å²) in [5.41, 5.74) is 0. The zero-order valence-electron chi connectivity index (χ0n) is 9.29. The van der Waals surface area contributed by atoms with Crippen molar-refractivity contribution in [3.8, 4) is 0 Å². The number of aliphatic hydroxyl groups is 3. The van der Waals surface area contributed by atoms with E-state index in [1.165, 1.54) is 0 Å². The fraction of sp³-hybridized carbons (Fsp3) is 0.600. The second kappa shape index (κ2) is 5.31. The first-order chi connectivity index (χ1) is 8.52. The van der Waals surface area contributed by atoms with Gasteiger partial charge in [0.25, 0.3) is 0 Å². The van der Waals surface area contributed by atoms with Gasteiger partial charge < -0.3 is 20.6 Å². The Morgan fingerprint density at radius 2 is 2.17 bits per heavy atom. The van der Waals surface area contributed by atoms with Gasteiger partial charge >= 0.3 is 0 Å². The number of halogens is 2. The maximum atomic E-state index is 13.4. The Morgan fingerprint density at radius 3 is 2.78 bits per heavy atom. The second-order valence-corrected chi connectivity index (χ2v) is 4.58. The van der Waals surface area contributed by atoms with Gasteiger partial charge in [-0.2, -0.15) is 4.98 Å². The topological polar surface area (TPSA) is 98.5 Å². The van der Waals surface area contributed by atoms with Gasteiger partial charge in [-0.15, -0.1) is 0 Å². The quantitative estimate of drug-likeness (QED) is 0.571. The van der Waals surface area contributed by atoms with Gasteiger partial charge in [-0.05, 0) is 18.0 Å². The molecule has 0 unspecified atom stereocenters. The molecule has 1 aromatic rings. The first kappa shape index (κ1) is 13.4. The van der Waals surface area contributed by atoms with E-state index in [0.29, 0.717) is 6.42 Å². The number of nitrogens with one attached hydrogen (secondary N) is 1. The number of aliphatic hydroxyl groups excluding tert-OH is 3. The minimum absolute atomic E-state index is 0.120. The van der Waals surface area contributed by atoms with E-state index in [1.807, 2.05) is 0 Å². The van der Waals surface area contributed by atoms with Gasteiger partial charge in [0.15, 0.2) is 11.6 Å². The third kappa shape index (κ3) is 2.54. The van der Waals surface area contributed by atoms with Crippen LogP contribution in [-0.2, 0) is 0 Å². The van der Waals surface area contributed by atoms with Crippen molar-refractivity contribution in [2.45, 2.75) is 24.7 Å². The lowest BCUT2D eigenvalue weighted by atomic mass is 10.1. The summed E-state index contributed by atoms with van der Waals surface area (Å²) in [7, 11) is 0. The maximum Gasteiger partial charge on any atom is 0.224 e. The van der Waals surface area contributed by atoms with Crippen LogP contribution in [0.15, 0.2) is 6.20 Å². The SMILES string of the molecule is OC[C@H]1C[C@@H](Nc2nc(Cl)ncc2F)[C@@H](O)[C@@H]1O. The van der Waals surface area contributed by atoms with Crippen LogP contribution in [0.1, 0.15) is 6.42 Å². The highest BCUT2D eigenvalue weighted by molar-refractivity contribution is 6.28. The summed E-state index contributed by atoms with van der Waals surface area (Å²) in [5.74, 6) is -1.28. The van der Waals surface area contributed by atoms with Crippen LogP contribution in [0.4, 0.5) is 10.2 Å². The third-order valence-corrected chi connectivity index (χ3v) is 3.26. The van der Waals surface area contributed by atoms with E-state index in [0.717, 1.165) is 6.20 Å². The number of aromatic nitrogens is 2. The highest BCUT2D eigenvalue weighted by atomic mass is 35.5. The lowest BCUT2D eigenvalue weighted by Crippen LogP contribution is -2.35. The van der Waals surface area contributed by atoms with E-state index in [4.69, 9.17) is 16.7 Å². The molecule has 0 bridgehead atoms. The zero-order valence-corrected chi connectivity index (χ0v) is 10.0. The maximum absolute atomic E-state index is 13.4. The molecular formula is C10H13ClFN3O3. The molecule has 6 nitrogen and oxygen atoms in total. The van der Waals surface area contributed by atoms with Crippen LogP contribution in [0.2, 0.25) is 5.28 Å². The molecule has 8 heteroatoms. The van der Waals surface area contributed by atoms with Crippen LogP contribution in [0.5, 0.6) is 0 Å². The van der Waals surface area contributed by atoms with Crippen LogP contribution >= 0.6 is 11.6 Å². The van der Waals surface area contributed by atoms with Gasteiger partial charge in [-0.25, -0.2) is 9.37 Å². The van der Waals surface area contributed by atoms with E-state index in [-0.39, 0.29) is 17.7 Å². The van der Waals surface area contributed by atoms with E-state index in [1.54, 1.807) is 0 Å². The van der Waals surface area contributed by atoms with Crippen LogP contribution in [-0.4, -0.2) is 50.1 Å². The second-order valence-electron chi connectivity index (χ2n) is 4.25. The van der Waals surface area contributed by atoms with Crippen LogP contribution in [0.25, 0.3) is 0 Å². The molecule has 0 amide bonds. The Bertz CT molecular complexity index is 437. The van der Waals surface area contributed by atoms with Crippen LogP contribution in [0.3, 0.4) is 0 Å². The number of anilines is 1. The molecule has 4 atom stereocenters. The Kier molecular flexibility index (Phi) is 3.96. The molecule has 1 fully saturated rings. The number of hydrogen-bond acceptors (Lipinski definition) is 6. The normalized spacial score (nSPS) is 31.6. The van der Waals surface area contributed by atoms with Crippen molar-refractivity contribution in [1.29, 1.82) is 0 Å². The third-order valence-electron chi connectivity index (χ3n) is 3.07. The first-order valence-electron chi connectivity index (χ1n) is 5.44. The molecule has 1 heterocycles. The van der Waals surface area contributed by atoms with Gasteiger partial charge in [-0.1, -0.05) is 0 Å². The smallest absolute Gasteiger partial charge is 0.224 e. The molecule has 0 aliphatic heterocycles. The molecule has 0 saturated heterocycles. The van der Waals surface area contributed by atoms with Crippen molar-refractivity contribution in [3.05, 3.63) is 17.3 Å². The molecule has 0 aromatic carbocycles. The molecule has 1 aliphatic rings. The summed E-state index contributed by atoms with van der Waals surface area (Å²) in [5, 5.41) is 30.9. The Labute approximate surface area is 107 Å². The van der Waals surface area contributed by atoms with Crippen molar-refractivity contribution in [3.63, 3.8) is 0 Å². The van der Waals surface area contributed by atoms with E-state index in [9.17, 15) is 14.6 Å². The summed E-state index contributed by atoms with van der Waals surface area (Å²) < 4.78 is 13.4. The van der Waals surface area contributed by atoms with Crippen molar-refractivity contribution in [2.24, 2.45) is 5.92 Å². The highest BCUT2D eigenvalue weighted by Gasteiger charge is 2.41. The molecule has 0 radical (unpaired) electrons. The van der Waals surface area contributed by atoms with E-state index >= 15 is 0 Å². The summed E-state index contributed by atoms with van der Waals surface area (Å²) >= 11 is 5.54. The summed E-state index contributed by atoms with van der Waals surface area (Å²) in [6, 6.07) is -0.599. The minimum Gasteiger partial charge on any atom is -0.396 e. The average Bonchev–Trinajstić information content (AvgIpc) is 2.62. The lowest BCUT2D eigenvalue weighted by molar-refractivity contribution is 0.00443. The summed E-state index contributed by atoms with van der Waals surface area (Å²) in [6.07, 6.45) is -0.929. The molecule has 1 saturated carbocycles. The zero-order chi connectivity index (χ0) is 13.3. The summed E-state index contributed by atoms with van der Waals surface area (Å²) in [4.78, 5) is 7.13. The fourth-order valence-corrected chi connectivity index (χ4v) is 2.20. The minimum atomic E-state index is -1.10. The number of hydrogen-bond donors (Lipinski definition) is 4. The number of rotatable bonds is 3. The van der Waals surface area contributed by atoms with Gasteiger partial charge in [-0.3, -0.25) is 0 Å². The van der Waals surface area contributed by atoms with Gasteiger partial charge in [0, 0.05) is 12.5 Å². The molecular weight excluding hydrogens is 265 g/mol. The first-order valence-corrected chi connectivity index (χ1v) is 5.82.